The van der Waals surface area contributed by atoms with Crippen LogP contribution in [0.4, 0.5) is 10.1 Å². The van der Waals surface area contributed by atoms with E-state index in [2.05, 4.69) is 31.5 Å². The van der Waals surface area contributed by atoms with Gasteiger partial charge in [0.05, 0.1) is 5.69 Å². The first-order chi connectivity index (χ1) is 9.65. The van der Waals surface area contributed by atoms with E-state index in [9.17, 15) is 4.39 Å². The summed E-state index contributed by atoms with van der Waals surface area (Å²) in [6.45, 7) is 0. The number of aromatic nitrogens is 4. The highest BCUT2D eigenvalue weighted by Crippen LogP contribution is 2.26. The predicted molar refractivity (Wildman–Crippen MR) is 76.7 cm³/mol. The van der Waals surface area contributed by atoms with Crippen LogP contribution in [-0.4, -0.2) is 20.2 Å². The Morgan fingerprint density at radius 1 is 1.10 bits per heavy atom. The summed E-state index contributed by atoms with van der Waals surface area (Å²) in [6, 6.07) is 11.6. The lowest BCUT2D eigenvalue weighted by Crippen LogP contribution is -2.01. The summed E-state index contributed by atoms with van der Waals surface area (Å²) in [7, 11) is 0. The van der Waals surface area contributed by atoms with E-state index in [1.54, 1.807) is 10.7 Å². The Morgan fingerprint density at radius 2 is 1.85 bits per heavy atom. The second kappa shape index (κ2) is 5.01. The van der Waals surface area contributed by atoms with Gasteiger partial charge in [-0.25, -0.2) is 4.39 Å². The third-order valence-corrected chi connectivity index (χ3v) is 3.32. The Labute approximate surface area is 122 Å². The van der Waals surface area contributed by atoms with Crippen molar-refractivity contribution in [1.29, 1.82) is 0 Å². The minimum Gasteiger partial charge on any atom is -0.398 e. The summed E-state index contributed by atoms with van der Waals surface area (Å²) in [6.07, 6.45) is 0. The maximum Gasteiger partial charge on any atom is 0.189 e. The smallest absolute Gasteiger partial charge is 0.189 e. The van der Waals surface area contributed by atoms with Gasteiger partial charge in [-0.2, -0.15) is 4.68 Å². The highest BCUT2D eigenvalue weighted by molar-refractivity contribution is 9.10. The van der Waals surface area contributed by atoms with Crippen molar-refractivity contribution < 1.29 is 4.39 Å². The van der Waals surface area contributed by atoms with Crippen LogP contribution in [0.3, 0.4) is 0 Å². The number of nitrogens with zero attached hydrogens (tertiary/aromatic N) is 4. The van der Waals surface area contributed by atoms with E-state index in [0.717, 1.165) is 10.2 Å². The lowest BCUT2D eigenvalue weighted by molar-refractivity contribution is 0.628. The lowest BCUT2D eigenvalue weighted by atomic mass is 10.1. The molecule has 0 spiro atoms. The summed E-state index contributed by atoms with van der Waals surface area (Å²) in [5, 5.41) is 11.6. The molecule has 2 N–H and O–H groups in total. The number of hydrogen-bond acceptors (Lipinski definition) is 4. The molecule has 3 aromatic rings. The van der Waals surface area contributed by atoms with E-state index in [4.69, 9.17) is 5.73 Å². The van der Waals surface area contributed by atoms with Gasteiger partial charge in [-0.05, 0) is 52.9 Å². The molecule has 0 radical (unpaired) electrons. The Kier molecular flexibility index (Phi) is 3.19. The van der Waals surface area contributed by atoms with Crippen molar-refractivity contribution >= 4 is 21.6 Å². The molecule has 2 aromatic carbocycles. The SMILES string of the molecule is Nc1cc(F)ccc1-c1nnnn1-c1ccc(Br)cc1. The molecule has 0 amide bonds. The molecule has 100 valence electrons. The largest absolute Gasteiger partial charge is 0.398 e. The van der Waals surface area contributed by atoms with Gasteiger partial charge in [0.25, 0.3) is 0 Å². The first-order valence-corrected chi connectivity index (χ1v) is 6.54. The predicted octanol–water partition coefficient (Wildman–Crippen LogP) is 2.81. The molecule has 1 heterocycles. The maximum atomic E-state index is 13.1. The number of halogens is 2. The van der Waals surface area contributed by atoms with E-state index in [1.807, 2.05) is 24.3 Å². The summed E-state index contributed by atoms with van der Waals surface area (Å²) in [5.41, 5.74) is 7.49. The van der Waals surface area contributed by atoms with Crippen LogP contribution in [0.5, 0.6) is 0 Å². The Morgan fingerprint density at radius 3 is 2.55 bits per heavy atom. The number of nitrogen functional groups attached to an aromatic ring is 1. The van der Waals surface area contributed by atoms with E-state index in [1.165, 1.54) is 12.1 Å². The lowest BCUT2D eigenvalue weighted by Gasteiger charge is -2.07. The van der Waals surface area contributed by atoms with E-state index >= 15 is 0 Å². The van der Waals surface area contributed by atoms with Crippen molar-refractivity contribution in [3.63, 3.8) is 0 Å². The number of rotatable bonds is 2. The zero-order chi connectivity index (χ0) is 14.1. The van der Waals surface area contributed by atoms with Crippen LogP contribution in [-0.2, 0) is 0 Å². The summed E-state index contributed by atoms with van der Waals surface area (Å²) >= 11 is 3.37. The third-order valence-electron chi connectivity index (χ3n) is 2.80. The van der Waals surface area contributed by atoms with Crippen LogP contribution in [0.25, 0.3) is 17.1 Å². The van der Waals surface area contributed by atoms with Gasteiger partial charge in [-0.3, -0.25) is 0 Å². The van der Waals surface area contributed by atoms with Crippen molar-refractivity contribution in [2.45, 2.75) is 0 Å². The first kappa shape index (κ1) is 12.7. The Balaban J connectivity index is 2.12. The topological polar surface area (TPSA) is 69.6 Å². The molecule has 0 atom stereocenters. The molecule has 3 rings (SSSR count). The van der Waals surface area contributed by atoms with Crippen LogP contribution in [0.1, 0.15) is 0 Å². The molecule has 0 aliphatic carbocycles. The van der Waals surface area contributed by atoms with Crippen LogP contribution in [0, 0.1) is 5.82 Å². The number of tetrazole rings is 1. The fourth-order valence-corrected chi connectivity index (χ4v) is 2.11. The molecule has 0 aliphatic heterocycles. The standard InChI is InChI=1S/C13H9BrFN5/c14-8-1-4-10(5-2-8)20-13(17-18-19-20)11-6-3-9(15)7-12(11)16/h1-7H,16H2. The van der Waals surface area contributed by atoms with Crippen LogP contribution in [0.15, 0.2) is 46.9 Å². The van der Waals surface area contributed by atoms with Crippen molar-refractivity contribution in [3.8, 4) is 17.1 Å². The van der Waals surface area contributed by atoms with E-state index < -0.39 is 5.82 Å². The molecular formula is C13H9BrFN5. The molecule has 5 nitrogen and oxygen atoms in total. The molecule has 1 aromatic heterocycles. The molecule has 20 heavy (non-hydrogen) atoms. The van der Waals surface area contributed by atoms with Crippen LogP contribution < -0.4 is 5.73 Å². The first-order valence-electron chi connectivity index (χ1n) is 5.75. The molecule has 0 unspecified atom stereocenters. The zero-order valence-corrected chi connectivity index (χ0v) is 11.7. The number of benzene rings is 2. The maximum absolute atomic E-state index is 13.1. The average molecular weight is 334 g/mol. The van der Waals surface area contributed by atoms with Crippen LogP contribution in [0.2, 0.25) is 0 Å². The number of anilines is 1. The highest BCUT2D eigenvalue weighted by Gasteiger charge is 2.13. The van der Waals surface area contributed by atoms with Crippen molar-refractivity contribution in [1.82, 2.24) is 20.2 Å². The fraction of sp³-hybridized carbons (Fsp3) is 0. The van der Waals surface area contributed by atoms with Gasteiger partial charge in [-0.15, -0.1) is 5.10 Å². The van der Waals surface area contributed by atoms with Gasteiger partial charge in [0, 0.05) is 15.7 Å². The van der Waals surface area contributed by atoms with Gasteiger partial charge in [0.15, 0.2) is 5.82 Å². The van der Waals surface area contributed by atoms with Gasteiger partial charge in [0.1, 0.15) is 5.82 Å². The third kappa shape index (κ3) is 2.27. The van der Waals surface area contributed by atoms with Crippen molar-refractivity contribution in [2.24, 2.45) is 0 Å². The quantitative estimate of drug-likeness (QED) is 0.732. The van der Waals surface area contributed by atoms with Gasteiger partial charge in [0.2, 0.25) is 0 Å². The molecule has 0 bridgehead atoms. The highest BCUT2D eigenvalue weighted by atomic mass is 79.9. The van der Waals surface area contributed by atoms with E-state index in [0.29, 0.717) is 11.4 Å². The normalized spacial score (nSPS) is 10.7. The second-order valence-corrected chi connectivity index (χ2v) is 5.04. The van der Waals surface area contributed by atoms with Crippen molar-refractivity contribution in [3.05, 3.63) is 52.8 Å². The molecule has 0 aliphatic rings. The van der Waals surface area contributed by atoms with Crippen molar-refractivity contribution in [2.75, 3.05) is 5.73 Å². The van der Waals surface area contributed by atoms with E-state index in [-0.39, 0.29) is 5.69 Å². The fourth-order valence-electron chi connectivity index (χ4n) is 1.85. The molecular weight excluding hydrogens is 325 g/mol. The van der Waals surface area contributed by atoms with Gasteiger partial charge in [-0.1, -0.05) is 15.9 Å². The zero-order valence-electron chi connectivity index (χ0n) is 10.2. The minimum atomic E-state index is -0.395. The summed E-state index contributed by atoms with van der Waals surface area (Å²) in [5.74, 6) is 0.0683. The average Bonchev–Trinajstić information content (AvgIpc) is 2.88. The Hall–Kier alpha value is -2.28. The molecule has 0 saturated carbocycles. The van der Waals surface area contributed by atoms with Gasteiger partial charge >= 0.3 is 0 Å². The molecule has 0 saturated heterocycles. The number of hydrogen-bond donors (Lipinski definition) is 1. The Bertz CT molecular complexity index is 754. The molecule has 7 heteroatoms. The molecule has 0 fully saturated rings. The van der Waals surface area contributed by atoms with Crippen LogP contribution >= 0.6 is 15.9 Å². The summed E-state index contributed by atoms with van der Waals surface area (Å²) < 4.78 is 15.6. The monoisotopic (exact) mass is 333 g/mol. The van der Waals surface area contributed by atoms with Gasteiger partial charge < -0.3 is 5.73 Å². The second-order valence-electron chi connectivity index (χ2n) is 4.12. The summed E-state index contributed by atoms with van der Waals surface area (Å²) in [4.78, 5) is 0. The number of nitrogens with two attached hydrogens (primary N) is 1. The minimum absolute atomic E-state index is 0.290.